The molecular formula is C12H19NO2. The third-order valence-electron chi connectivity index (χ3n) is 2.45. The Morgan fingerprint density at radius 3 is 2.53 bits per heavy atom. The highest BCUT2D eigenvalue weighted by molar-refractivity contribution is 5.03. The Bertz CT molecular complexity index is 264. The molecule has 15 heavy (non-hydrogen) atoms. The second-order valence-corrected chi connectivity index (χ2v) is 3.78. The zero-order valence-electron chi connectivity index (χ0n) is 9.13. The summed E-state index contributed by atoms with van der Waals surface area (Å²) in [6.07, 6.45) is 3.33. The van der Waals surface area contributed by atoms with Crippen LogP contribution in [0.4, 0.5) is 0 Å². The highest BCUT2D eigenvalue weighted by atomic mass is 16.3. The van der Waals surface area contributed by atoms with Crippen molar-refractivity contribution < 1.29 is 10.2 Å². The van der Waals surface area contributed by atoms with Crippen LogP contribution < -0.4 is 0 Å². The molecule has 3 heteroatoms. The molecule has 3 nitrogen and oxygen atoms in total. The van der Waals surface area contributed by atoms with Gasteiger partial charge >= 0.3 is 0 Å². The number of aryl methyl sites for hydroxylation is 1. The number of aliphatic hydroxyl groups is 2. The second kappa shape index (κ2) is 6.53. The van der Waals surface area contributed by atoms with Crippen molar-refractivity contribution in [2.75, 3.05) is 0 Å². The standard InChI is InChI=1S/C12H19NO2/c1-2-5-11(14)12(15)8-7-10-6-3-4-9-13-10/h3-4,6,9,11-12,14-15H,2,5,7-8H2,1H3. The van der Waals surface area contributed by atoms with E-state index in [2.05, 4.69) is 4.98 Å². The summed E-state index contributed by atoms with van der Waals surface area (Å²) in [6.45, 7) is 1.99. The van der Waals surface area contributed by atoms with Crippen LogP contribution in [0, 0.1) is 0 Å². The molecule has 0 amide bonds. The summed E-state index contributed by atoms with van der Waals surface area (Å²) in [4.78, 5) is 4.16. The Kier molecular flexibility index (Phi) is 5.29. The van der Waals surface area contributed by atoms with Crippen molar-refractivity contribution in [2.24, 2.45) is 0 Å². The molecule has 1 heterocycles. The van der Waals surface area contributed by atoms with Gasteiger partial charge in [0.05, 0.1) is 12.2 Å². The third kappa shape index (κ3) is 4.40. The molecule has 0 aromatic carbocycles. The first kappa shape index (κ1) is 12.1. The number of pyridine rings is 1. The van der Waals surface area contributed by atoms with E-state index in [1.54, 1.807) is 6.20 Å². The van der Waals surface area contributed by atoms with Crippen molar-refractivity contribution in [3.63, 3.8) is 0 Å². The van der Waals surface area contributed by atoms with Crippen molar-refractivity contribution in [1.29, 1.82) is 0 Å². The fourth-order valence-corrected chi connectivity index (χ4v) is 1.52. The van der Waals surface area contributed by atoms with Crippen LogP contribution >= 0.6 is 0 Å². The Morgan fingerprint density at radius 1 is 1.20 bits per heavy atom. The maximum atomic E-state index is 9.63. The predicted molar refractivity (Wildman–Crippen MR) is 59.5 cm³/mol. The van der Waals surface area contributed by atoms with Gasteiger partial charge in [0.1, 0.15) is 0 Å². The largest absolute Gasteiger partial charge is 0.390 e. The molecule has 2 unspecified atom stereocenters. The topological polar surface area (TPSA) is 53.4 Å². The van der Waals surface area contributed by atoms with Gasteiger partial charge in [-0.3, -0.25) is 4.98 Å². The molecule has 0 aliphatic carbocycles. The lowest BCUT2D eigenvalue weighted by Crippen LogP contribution is -2.26. The summed E-state index contributed by atoms with van der Waals surface area (Å²) in [7, 11) is 0. The Morgan fingerprint density at radius 2 is 1.93 bits per heavy atom. The third-order valence-corrected chi connectivity index (χ3v) is 2.45. The summed E-state index contributed by atoms with van der Waals surface area (Å²) < 4.78 is 0. The van der Waals surface area contributed by atoms with E-state index < -0.39 is 12.2 Å². The van der Waals surface area contributed by atoms with Crippen LogP contribution in [0.5, 0.6) is 0 Å². The van der Waals surface area contributed by atoms with E-state index in [1.807, 2.05) is 25.1 Å². The number of nitrogens with zero attached hydrogens (tertiary/aromatic N) is 1. The molecule has 0 aliphatic heterocycles. The van der Waals surface area contributed by atoms with Gasteiger partial charge in [0.15, 0.2) is 0 Å². The van der Waals surface area contributed by atoms with Crippen LogP contribution in [-0.4, -0.2) is 27.4 Å². The molecule has 1 aromatic heterocycles. The van der Waals surface area contributed by atoms with E-state index in [4.69, 9.17) is 0 Å². The first-order valence-electron chi connectivity index (χ1n) is 5.50. The maximum absolute atomic E-state index is 9.63. The Hall–Kier alpha value is -0.930. The van der Waals surface area contributed by atoms with Gasteiger partial charge in [0, 0.05) is 11.9 Å². The van der Waals surface area contributed by atoms with Crippen LogP contribution in [0.3, 0.4) is 0 Å². The van der Waals surface area contributed by atoms with Gasteiger partial charge in [-0.2, -0.15) is 0 Å². The smallest absolute Gasteiger partial charge is 0.0802 e. The minimum absolute atomic E-state index is 0.568. The van der Waals surface area contributed by atoms with Gasteiger partial charge in [0.25, 0.3) is 0 Å². The van der Waals surface area contributed by atoms with Crippen molar-refractivity contribution in [3.05, 3.63) is 30.1 Å². The normalized spacial score (nSPS) is 14.9. The lowest BCUT2D eigenvalue weighted by atomic mass is 10.0. The van der Waals surface area contributed by atoms with Gasteiger partial charge < -0.3 is 10.2 Å². The summed E-state index contributed by atoms with van der Waals surface area (Å²) in [5, 5.41) is 19.2. The zero-order chi connectivity index (χ0) is 11.1. The van der Waals surface area contributed by atoms with Crippen molar-refractivity contribution in [1.82, 2.24) is 4.98 Å². The highest BCUT2D eigenvalue weighted by Gasteiger charge is 2.14. The molecule has 2 atom stereocenters. The quantitative estimate of drug-likeness (QED) is 0.747. The number of aromatic nitrogens is 1. The maximum Gasteiger partial charge on any atom is 0.0802 e. The van der Waals surface area contributed by atoms with E-state index in [1.165, 1.54) is 0 Å². The fourth-order valence-electron chi connectivity index (χ4n) is 1.52. The van der Waals surface area contributed by atoms with Crippen LogP contribution in [0.25, 0.3) is 0 Å². The highest BCUT2D eigenvalue weighted by Crippen LogP contribution is 2.09. The molecular weight excluding hydrogens is 190 g/mol. The molecule has 0 saturated carbocycles. The molecule has 0 fully saturated rings. The number of hydrogen-bond donors (Lipinski definition) is 2. The SMILES string of the molecule is CCCC(O)C(O)CCc1ccccn1. The lowest BCUT2D eigenvalue weighted by Gasteiger charge is -2.16. The van der Waals surface area contributed by atoms with E-state index in [0.29, 0.717) is 19.3 Å². The molecule has 0 aliphatic rings. The van der Waals surface area contributed by atoms with Crippen LogP contribution in [-0.2, 0) is 6.42 Å². The average molecular weight is 209 g/mol. The number of aliphatic hydroxyl groups excluding tert-OH is 2. The summed E-state index contributed by atoms with van der Waals surface area (Å²) >= 11 is 0. The van der Waals surface area contributed by atoms with Crippen molar-refractivity contribution in [3.8, 4) is 0 Å². The van der Waals surface area contributed by atoms with Crippen LogP contribution in [0.15, 0.2) is 24.4 Å². The lowest BCUT2D eigenvalue weighted by molar-refractivity contribution is 0.00968. The first-order valence-corrected chi connectivity index (χ1v) is 5.50. The Balaban J connectivity index is 2.31. The Labute approximate surface area is 90.8 Å². The van der Waals surface area contributed by atoms with Gasteiger partial charge in [-0.25, -0.2) is 0 Å². The zero-order valence-corrected chi connectivity index (χ0v) is 9.13. The van der Waals surface area contributed by atoms with E-state index in [0.717, 1.165) is 12.1 Å². The molecule has 1 aromatic rings. The summed E-state index contributed by atoms with van der Waals surface area (Å²) in [6, 6.07) is 5.72. The van der Waals surface area contributed by atoms with E-state index >= 15 is 0 Å². The predicted octanol–water partition coefficient (Wildman–Crippen LogP) is 1.54. The van der Waals surface area contributed by atoms with Crippen LogP contribution in [0.2, 0.25) is 0 Å². The molecule has 1 rings (SSSR count). The molecule has 0 saturated heterocycles. The summed E-state index contributed by atoms with van der Waals surface area (Å²) in [5.41, 5.74) is 0.959. The molecule has 0 radical (unpaired) electrons. The van der Waals surface area contributed by atoms with Gasteiger partial charge in [-0.1, -0.05) is 19.4 Å². The van der Waals surface area contributed by atoms with Crippen molar-refractivity contribution in [2.45, 2.75) is 44.8 Å². The fraction of sp³-hybridized carbons (Fsp3) is 0.583. The molecule has 0 spiro atoms. The summed E-state index contributed by atoms with van der Waals surface area (Å²) in [5.74, 6) is 0. The number of rotatable bonds is 6. The minimum atomic E-state index is -0.632. The van der Waals surface area contributed by atoms with E-state index in [9.17, 15) is 10.2 Å². The monoisotopic (exact) mass is 209 g/mol. The minimum Gasteiger partial charge on any atom is -0.390 e. The molecule has 84 valence electrons. The molecule has 2 N–H and O–H groups in total. The van der Waals surface area contributed by atoms with Gasteiger partial charge in [-0.15, -0.1) is 0 Å². The first-order chi connectivity index (χ1) is 7.24. The average Bonchev–Trinajstić information content (AvgIpc) is 2.27. The van der Waals surface area contributed by atoms with E-state index in [-0.39, 0.29) is 0 Å². The second-order valence-electron chi connectivity index (χ2n) is 3.78. The molecule has 0 bridgehead atoms. The van der Waals surface area contributed by atoms with Gasteiger partial charge in [0.2, 0.25) is 0 Å². The van der Waals surface area contributed by atoms with Gasteiger partial charge in [-0.05, 0) is 31.4 Å². The van der Waals surface area contributed by atoms with Crippen LogP contribution in [0.1, 0.15) is 31.9 Å². The van der Waals surface area contributed by atoms with Crippen molar-refractivity contribution >= 4 is 0 Å². The number of hydrogen-bond acceptors (Lipinski definition) is 3.